The predicted octanol–water partition coefficient (Wildman–Crippen LogP) is 3.49. The lowest BCUT2D eigenvalue weighted by atomic mass is 10.2. The molecule has 1 heterocycles. The van der Waals surface area contributed by atoms with Gasteiger partial charge in [-0.15, -0.1) is 0 Å². The largest absolute Gasteiger partial charge is 0.381 e. The van der Waals surface area contributed by atoms with E-state index in [9.17, 15) is 4.39 Å². The van der Waals surface area contributed by atoms with Gasteiger partial charge in [0, 0.05) is 24.6 Å². The molecule has 0 aliphatic heterocycles. The highest BCUT2D eigenvalue weighted by Gasteiger charge is 1.99. The summed E-state index contributed by atoms with van der Waals surface area (Å²) in [6.45, 7) is 0.590. The van der Waals surface area contributed by atoms with Gasteiger partial charge in [-0.25, -0.2) is 4.39 Å². The number of rotatable bonds is 3. The van der Waals surface area contributed by atoms with Crippen LogP contribution in [0.25, 0.3) is 0 Å². The van der Waals surface area contributed by atoms with Crippen LogP contribution < -0.4 is 5.32 Å². The quantitative estimate of drug-likeness (QED) is 0.883. The Morgan fingerprint density at radius 2 is 1.94 bits per heavy atom. The highest BCUT2D eigenvalue weighted by atomic mass is 35.5. The van der Waals surface area contributed by atoms with Crippen LogP contribution in [-0.2, 0) is 6.54 Å². The van der Waals surface area contributed by atoms with Crippen molar-refractivity contribution in [1.82, 2.24) is 4.98 Å². The Morgan fingerprint density at radius 3 is 2.62 bits per heavy atom. The van der Waals surface area contributed by atoms with Crippen LogP contribution in [0.1, 0.15) is 5.56 Å². The Hall–Kier alpha value is -1.61. The second-order valence-corrected chi connectivity index (χ2v) is 3.73. The first-order valence-corrected chi connectivity index (χ1v) is 5.21. The maximum atomic E-state index is 12.7. The first-order chi connectivity index (χ1) is 7.75. The first-order valence-electron chi connectivity index (χ1n) is 4.83. The van der Waals surface area contributed by atoms with E-state index in [1.165, 1.54) is 12.1 Å². The summed E-state index contributed by atoms with van der Waals surface area (Å²) in [7, 11) is 0. The third-order valence-electron chi connectivity index (χ3n) is 2.18. The van der Waals surface area contributed by atoms with Crippen molar-refractivity contribution in [2.75, 3.05) is 5.32 Å². The minimum absolute atomic E-state index is 0.243. The highest BCUT2D eigenvalue weighted by Crippen LogP contribution is 2.16. The fourth-order valence-corrected chi connectivity index (χ4v) is 1.50. The number of halogens is 2. The van der Waals surface area contributed by atoms with Crippen molar-refractivity contribution in [3.8, 4) is 0 Å². The molecule has 1 N–H and O–H groups in total. The van der Waals surface area contributed by atoms with Gasteiger partial charge in [0.25, 0.3) is 0 Å². The van der Waals surface area contributed by atoms with Gasteiger partial charge in [-0.1, -0.05) is 11.6 Å². The van der Waals surface area contributed by atoms with E-state index in [1.807, 2.05) is 6.07 Å². The molecule has 82 valence electrons. The summed E-state index contributed by atoms with van der Waals surface area (Å²) in [5.74, 6) is -0.243. The summed E-state index contributed by atoms with van der Waals surface area (Å²) in [6, 6.07) is 8.04. The lowest BCUT2D eigenvalue weighted by Crippen LogP contribution is -2.00. The van der Waals surface area contributed by atoms with Crippen molar-refractivity contribution in [2.45, 2.75) is 6.54 Å². The molecule has 0 radical (unpaired) electrons. The summed E-state index contributed by atoms with van der Waals surface area (Å²) >= 11 is 5.95. The summed E-state index contributed by atoms with van der Waals surface area (Å²) in [6.07, 6.45) is 3.29. The zero-order valence-corrected chi connectivity index (χ0v) is 9.21. The second kappa shape index (κ2) is 4.94. The zero-order valence-electron chi connectivity index (χ0n) is 8.45. The summed E-state index contributed by atoms with van der Waals surface area (Å²) in [4.78, 5) is 3.90. The van der Waals surface area contributed by atoms with Crippen LogP contribution >= 0.6 is 11.6 Å². The molecular formula is C12H10ClFN2. The van der Waals surface area contributed by atoms with Crippen molar-refractivity contribution in [3.05, 3.63) is 59.1 Å². The molecule has 0 unspecified atom stereocenters. The zero-order chi connectivity index (χ0) is 11.4. The van der Waals surface area contributed by atoms with E-state index in [1.54, 1.807) is 24.5 Å². The van der Waals surface area contributed by atoms with E-state index in [0.717, 1.165) is 11.3 Å². The number of pyridine rings is 1. The number of hydrogen-bond donors (Lipinski definition) is 1. The topological polar surface area (TPSA) is 24.9 Å². The van der Waals surface area contributed by atoms with Crippen LogP contribution in [0.3, 0.4) is 0 Å². The molecule has 0 aliphatic rings. The molecule has 0 atom stereocenters. The lowest BCUT2D eigenvalue weighted by Gasteiger charge is -2.07. The average molecular weight is 237 g/mol. The third kappa shape index (κ3) is 2.70. The van der Waals surface area contributed by atoms with E-state index in [-0.39, 0.29) is 5.82 Å². The Balaban J connectivity index is 2.02. The fraction of sp³-hybridized carbons (Fsp3) is 0.0833. The maximum Gasteiger partial charge on any atom is 0.123 e. The Bertz CT molecular complexity index is 471. The molecule has 0 fully saturated rings. The number of hydrogen-bond acceptors (Lipinski definition) is 2. The Labute approximate surface area is 98.1 Å². The summed E-state index contributed by atoms with van der Waals surface area (Å²) in [5.41, 5.74) is 1.82. The van der Waals surface area contributed by atoms with Gasteiger partial charge in [-0.3, -0.25) is 4.98 Å². The molecule has 1 aromatic heterocycles. The molecule has 0 saturated carbocycles. The molecule has 16 heavy (non-hydrogen) atoms. The molecule has 1 aromatic carbocycles. The van der Waals surface area contributed by atoms with Crippen LogP contribution in [0.15, 0.2) is 42.7 Å². The van der Waals surface area contributed by atoms with Gasteiger partial charge >= 0.3 is 0 Å². The Kier molecular flexibility index (Phi) is 3.37. The van der Waals surface area contributed by atoms with Gasteiger partial charge in [0.05, 0.1) is 5.02 Å². The normalized spacial score (nSPS) is 10.1. The first kappa shape index (κ1) is 10.9. The SMILES string of the molecule is Fc1ccc(NCc2ccncc2Cl)cc1. The molecule has 0 saturated heterocycles. The van der Waals surface area contributed by atoms with Gasteiger partial charge in [-0.05, 0) is 35.9 Å². The Morgan fingerprint density at radius 1 is 1.19 bits per heavy atom. The molecule has 0 amide bonds. The van der Waals surface area contributed by atoms with Gasteiger partial charge in [-0.2, -0.15) is 0 Å². The average Bonchev–Trinajstić information content (AvgIpc) is 2.30. The molecule has 4 heteroatoms. The minimum atomic E-state index is -0.243. The number of aromatic nitrogens is 1. The van der Waals surface area contributed by atoms with Crippen molar-refractivity contribution in [1.29, 1.82) is 0 Å². The van der Waals surface area contributed by atoms with Crippen LogP contribution in [0, 0.1) is 5.82 Å². The van der Waals surface area contributed by atoms with Crippen LogP contribution in [0.5, 0.6) is 0 Å². The minimum Gasteiger partial charge on any atom is -0.381 e. The lowest BCUT2D eigenvalue weighted by molar-refractivity contribution is 0.628. The molecule has 2 nitrogen and oxygen atoms in total. The van der Waals surface area contributed by atoms with Gasteiger partial charge < -0.3 is 5.32 Å². The summed E-state index contributed by atoms with van der Waals surface area (Å²) in [5, 5.41) is 3.77. The van der Waals surface area contributed by atoms with Crippen molar-refractivity contribution in [3.63, 3.8) is 0 Å². The van der Waals surface area contributed by atoms with E-state index in [2.05, 4.69) is 10.3 Å². The van der Waals surface area contributed by atoms with E-state index in [0.29, 0.717) is 11.6 Å². The van der Waals surface area contributed by atoms with Gasteiger partial charge in [0.1, 0.15) is 5.82 Å². The van der Waals surface area contributed by atoms with Gasteiger partial charge in [0.2, 0.25) is 0 Å². The second-order valence-electron chi connectivity index (χ2n) is 3.33. The van der Waals surface area contributed by atoms with Gasteiger partial charge in [0.15, 0.2) is 0 Å². The molecule has 0 bridgehead atoms. The van der Waals surface area contributed by atoms with E-state index < -0.39 is 0 Å². The highest BCUT2D eigenvalue weighted by molar-refractivity contribution is 6.31. The maximum absolute atomic E-state index is 12.7. The smallest absolute Gasteiger partial charge is 0.123 e. The molecule has 2 rings (SSSR count). The van der Waals surface area contributed by atoms with Crippen molar-refractivity contribution >= 4 is 17.3 Å². The predicted molar refractivity (Wildman–Crippen MR) is 63.0 cm³/mol. The number of nitrogens with one attached hydrogen (secondary N) is 1. The molecule has 0 spiro atoms. The number of anilines is 1. The van der Waals surface area contributed by atoms with Crippen molar-refractivity contribution < 1.29 is 4.39 Å². The van der Waals surface area contributed by atoms with Crippen LogP contribution in [-0.4, -0.2) is 4.98 Å². The third-order valence-corrected chi connectivity index (χ3v) is 2.52. The standard InChI is InChI=1S/C12H10ClFN2/c13-12-8-15-6-5-9(12)7-16-11-3-1-10(14)2-4-11/h1-6,8,16H,7H2. The monoisotopic (exact) mass is 236 g/mol. The van der Waals surface area contributed by atoms with E-state index >= 15 is 0 Å². The van der Waals surface area contributed by atoms with E-state index in [4.69, 9.17) is 11.6 Å². The molecule has 0 aliphatic carbocycles. The van der Waals surface area contributed by atoms with Crippen molar-refractivity contribution in [2.24, 2.45) is 0 Å². The summed E-state index contributed by atoms with van der Waals surface area (Å²) < 4.78 is 12.7. The van der Waals surface area contributed by atoms with Crippen LogP contribution in [0.4, 0.5) is 10.1 Å². The molecule has 2 aromatic rings. The molecular weight excluding hydrogens is 227 g/mol. The number of nitrogens with zero attached hydrogens (tertiary/aromatic N) is 1. The van der Waals surface area contributed by atoms with Crippen LogP contribution in [0.2, 0.25) is 5.02 Å². The number of benzene rings is 1. The fourth-order valence-electron chi connectivity index (χ4n) is 1.31.